The molecule has 19 heavy (non-hydrogen) atoms. The van der Waals surface area contributed by atoms with Crippen molar-refractivity contribution in [3.8, 4) is 0 Å². The standard InChI is InChI=1S/C13H24N2O3.ClH/c1-9(2)11(14)12(16)15-10-3-5-13(6-4-10)17-7-8-18-13;/h9-11H,3-8,14H2,1-2H3,(H,15,16);1H/t11-;/m0./s1. The number of hydrogen-bond donors (Lipinski definition) is 2. The van der Waals surface area contributed by atoms with Crippen LogP contribution in [0, 0.1) is 5.92 Å². The second kappa shape index (κ2) is 6.88. The molecule has 112 valence electrons. The molecule has 1 atom stereocenters. The fourth-order valence-electron chi connectivity index (χ4n) is 2.59. The van der Waals surface area contributed by atoms with Gasteiger partial charge >= 0.3 is 0 Å². The Balaban J connectivity index is 0.00000180. The Morgan fingerprint density at radius 3 is 2.26 bits per heavy atom. The second-order valence-corrected chi connectivity index (χ2v) is 5.66. The van der Waals surface area contributed by atoms with Crippen LogP contribution in [-0.2, 0) is 14.3 Å². The molecule has 3 N–H and O–H groups in total. The Bertz CT molecular complexity index is 296. The molecule has 2 aliphatic rings. The number of carbonyl (C=O) groups excluding carboxylic acids is 1. The minimum atomic E-state index is -0.417. The van der Waals surface area contributed by atoms with Crippen LogP contribution >= 0.6 is 12.4 Å². The molecule has 1 aliphatic heterocycles. The molecule has 0 unspecified atom stereocenters. The van der Waals surface area contributed by atoms with Gasteiger partial charge in [0.1, 0.15) is 0 Å². The smallest absolute Gasteiger partial charge is 0.237 e. The molecule has 1 amide bonds. The maximum atomic E-state index is 11.9. The summed E-state index contributed by atoms with van der Waals surface area (Å²) in [5.74, 6) is -0.234. The summed E-state index contributed by atoms with van der Waals surface area (Å²) in [5, 5.41) is 3.03. The summed E-state index contributed by atoms with van der Waals surface area (Å²) in [4.78, 5) is 11.9. The molecule has 0 radical (unpaired) electrons. The summed E-state index contributed by atoms with van der Waals surface area (Å²) in [5.41, 5.74) is 5.83. The average Bonchev–Trinajstić information content (AvgIpc) is 2.80. The Labute approximate surface area is 121 Å². The fourth-order valence-corrected chi connectivity index (χ4v) is 2.59. The summed E-state index contributed by atoms with van der Waals surface area (Å²) in [6.07, 6.45) is 3.51. The van der Waals surface area contributed by atoms with Crippen molar-refractivity contribution in [1.29, 1.82) is 0 Å². The minimum Gasteiger partial charge on any atom is -0.352 e. The predicted molar refractivity (Wildman–Crippen MR) is 75.1 cm³/mol. The van der Waals surface area contributed by atoms with E-state index in [1.165, 1.54) is 0 Å². The van der Waals surface area contributed by atoms with Gasteiger partial charge in [-0.3, -0.25) is 4.79 Å². The van der Waals surface area contributed by atoms with E-state index in [1.807, 2.05) is 13.8 Å². The third-order valence-electron chi connectivity index (χ3n) is 3.93. The van der Waals surface area contributed by atoms with E-state index in [9.17, 15) is 4.79 Å². The molecular weight excluding hydrogens is 268 g/mol. The monoisotopic (exact) mass is 292 g/mol. The van der Waals surface area contributed by atoms with Crippen molar-refractivity contribution < 1.29 is 14.3 Å². The van der Waals surface area contributed by atoms with Crippen LogP contribution < -0.4 is 11.1 Å². The highest BCUT2D eigenvalue weighted by Crippen LogP contribution is 2.35. The molecule has 0 aromatic heterocycles. The topological polar surface area (TPSA) is 73.6 Å². The molecule has 6 heteroatoms. The maximum Gasteiger partial charge on any atom is 0.237 e. The zero-order chi connectivity index (χ0) is 13.2. The third kappa shape index (κ3) is 4.05. The number of hydrogen-bond acceptors (Lipinski definition) is 4. The van der Waals surface area contributed by atoms with Crippen molar-refractivity contribution >= 4 is 18.3 Å². The van der Waals surface area contributed by atoms with E-state index in [0.717, 1.165) is 25.7 Å². The van der Waals surface area contributed by atoms with Crippen molar-refractivity contribution in [3.63, 3.8) is 0 Å². The molecule has 1 spiro atoms. The van der Waals surface area contributed by atoms with Crippen molar-refractivity contribution in [2.24, 2.45) is 11.7 Å². The first-order valence-corrected chi connectivity index (χ1v) is 6.86. The molecule has 1 saturated heterocycles. The van der Waals surface area contributed by atoms with Gasteiger partial charge in [-0.05, 0) is 18.8 Å². The number of amides is 1. The van der Waals surface area contributed by atoms with Gasteiger partial charge in [0.15, 0.2) is 5.79 Å². The lowest BCUT2D eigenvalue weighted by atomic mass is 9.89. The molecule has 5 nitrogen and oxygen atoms in total. The van der Waals surface area contributed by atoms with E-state index in [-0.39, 0.29) is 36.1 Å². The lowest BCUT2D eigenvalue weighted by molar-refractivity contribution is -0.180. The zero-order valence-electron chi connectivity index (χ0n) is 11.7. The van der Waals surface area contributed by atoms with Crippen LogP contribution in [0.15, 0.2) is 0 Å². The van der Waals surface area contributed by atoms with E-state index in [0.29, 0.717) is 13.2 Å². The van der Waals surface area contributed by atoms with Crippen molar-refractivity contribution in [2.75, 3.05) is 13.2 Å². The Morgan fingerprint density at radius 1 is 1.26 bits per heavy atom. The first kappa shape index (κ1) is 16.7. The second-order valence-electron chi connectivity index (χ2n) is 5.66. The minimum absolute atomic E-state index is 0. The van der Waals surface area contributed by atoms with Crippen LogP contribution in [-0.4, -0.2) is 37.0 Å². The molecule has 2 rings (SSSR count). The fraction of sp³-hybridized carbons (Fsp3) is 0.923. The molecule has 0 aromatic carbocycles. The number of rotatable bonds is 3. The van der Waals surface area contributed by atoms with Gasteiger partial charge in [-0.2, -0.15) is 0 Å². The van der Waals surface area contributed by atoms with Gasteiger partial charge in [0.2, 0.25) is 5.91 Å². The Hall–Kier alpha value is -0.360. The Morgan fingerprint density at radius 2 is 1.79 bits per heavy atom. The SMILES string of the molecule is CC(C)[C@H](N)C(=O)NC1CCC2(CC1)OCCO2.Cl. The van der Waals surface area contributed by atoms with Gasteiger partial charge in [-0.15, -0.1) is 12.4 Å². The quantitative estimate of drug-likeness (QED) is 0.819. The van der Waals surface area contributed by atoms with Crippen LogP contribution in [0.3, 0.4) is 0 Å². The van der Waals surface area contributed by atoms with Gasteiger partial charge < -0.3 is 20.5 Å². The highest BCUT2D eigenvalue weighted by Gasteiger charge is 2.40. The summed E-state index contributed by atoms with van der Waals surface area (Å²) in [6, 6.07) is -0.208. The predicted octanol–water partition coefficient (Wildman–Crippen LogP) is 1.19. The third-order valence-corrected chi connectivity index (χ3v) is 3.93. The number of halogens is 1. The van der Waals surface area contributed by atoms with Crippen molar-refractivity contribution in [2.45, 2.75) is 57.4 Å². The molecule has 0 aromatic rings. The average molecular weight is 293 g/mol. The number of nitrogens with two attached hydrogens (primary N) is 1. The molecule has 1 saturated carbocycles. The van der Waals surface area contributed by atoms with Crippen LogP contribution in [0.2, 0.25) is 0 Å². The van der Waals surface area contributed by atoms with E-state index in [2.05, 4.69) is 5.32 Å². The van der Waals surface area contributed by atoms with Crippen LogP contribution in [0.1, 0.15) is 39.5 Å². The maximum absolute atomic E-state index is 11.9. The van der Waals surface area contributed by atoms with Crippen LogP contribution in [0.25, 0.3) is 0 Å². The van der Waals surface area contributed by atoms with Gasteiger partial charge in [-0.25, -0.2) is 0 Å². The largest absolute Gasteiger partial charge is 0.352 e. The normalized spacial score (nSPS) is 24.2. The Kier molecular flexibility index (Phi) is 6.05. The van der Waals surface area contributed by atoms with Gasteiger partial charge in [0.05, 0.1) is 19.3 Å². The molecule has 1 aliphatic carbocycles. The molecule has 1 heterocycles. The number of ether oxygens (including phenoxy) is 2. The molecule has 0 bridgehead atoms. The number of nitrogens with one attached hydrogen (secondary N) is 1. The van der Waals surface area contributed by atoms with Gasteiger partial charge in [-0.1, -0.05) is 13.8 Å². The van der Waals surface area contributed by atoms with E-state index < -0.39 is 6.04 Å². The first-order valence-electron chi connectivity index (χ1n) is 6.86. The summed E-state index contributed by atoms with van der Waals surface area (Å²) in [6.45, 7) is 5.30. The van der Waals surface area contributed by atoms with E-state index in [4.69, 9.17) is 15.2 Å². The van der Waals surface area contributed by atoms with E-state index in [1.54, 1.807) is 0 Å². The zero-order valence-corrected chi connectivity index (χ0v) is 12.5. The summed E-state index contributed by atoms with van der Waals surface area (Å²) < 4.78 is 11.3. The lowest BCUT2D eigenvalue weighted by Gasteiger charge is -2.36. The summed E-state index contributed by atoms with van der Waals surface area (Å²) >= 11 is 0. The van der Waals surface area contributed by atoms with Crippen LogP contribution in [0.5, 0.6) is 0 Å². The highest BCUT2D eigenvalue weighted by molar-refractivity contribution is 5.85. The number of carbonyl (C=O) groups is 1. The molecule has 2 fully saturated rings. The van der Waals surface area contributed by atoms with Crippen molar-refractivity contribution in [1.82, 2.24) is 5.32 Å². The summed E-state index contributed by atoms with van der Waals surface area (Å²) in [7, 11) is 0. The van der Waals surface area contributed by atoms with Crippen molar-refractivity contribution in [3.05, 3.63) is 0 Å². The van der Waals surface area contributed by atoms with E-state index >= 15 is 0 Å². The lowest BCUT2D eigenvalue weighted by Crippen LogP contribution is -2.50. The van der Waals surface area contributed by atoms with Crippen LogP contribution in [0.4, 0.5) is 0 Å². The van der Waals surface area contributed by atoms with Gasteiger partial charge in [0, 0.05) is 18.9 Å². The van der Waals surface area contributed by atoms with Gasteiger partial charge in [0.25, 0.3) is 0 Å². The highest BCUT2D eigenvalue weighted by atomic mass is 35.5. The molecular formula is C13H25ClN2O3. The first-order chi connectivity index (χ1) is 8.52.